The number of amides is 1. The van der Waals surface area contributed by atoms with Crippen LogP contribution in [0.3, 0.4) is 0 Å². The average Bonchev–Trinajstić information content (AvgIpc) is 2.79. The maximum atomic E-state index is 12.3. The van der Waals surface area contributed by atoms with Gasteiger partial charge in [-0.3, -0.25) is 9.48 Å². The number of benzene rings is 1. The smallest absolute Gasteiger partial charge is 0.344 e. The minimum absolute atomic E-state index is 0.257. The third-order valence-electron chi connectivity index (χ3n) is 4.37. The Labute approximate surface area is 159 Å². The minimum atomic E-state index is -0.944. The Hall–Kier alpha value is -2.83. The van der Waals surface area contributed by atoms with Crippen molar-refractivity contribution in [2.45, 2.75) is 47.6 Å². The van der Waals surface area contributed by atoms with Gasteiger partial charge in [-0.15, -0.1) is 0 Å². The number of carbonyl (C=O) groups excluding carboxylic acids is 2. The van der Waals surface area contributed by atoms with Crippen molar-refractivity contribution in [1.82, 2.24) is 9.78 Å². The molecule has 0 radical (unpaired) electrons. The van der Waals surface area contributed by atoms with Gasteiger partial charge in [0.05, 0.1) is 17.1 Å². The number of nitrogens with zero attached hydrogens (tertiary/aromatic N) is 2. The monoisotopic (exact) mass is 373 g/mol. The first-order valence-electron chi connectivity index (χ1n) is 8.81. The average molecular weight is 373 g/mol. The second-order valence-corrected chi connectivity index (χ2v) is 6.81. The van der Waals surface area contributed by atoms with Crippen molar-refractivity contribution in [2.24, 2.45) is 7.05 Å². The second kappa shape index (κ2) is 8.24. The molecule has 0 saturated carbocycles. The van der Waals surface area contributed by atoms with Crippen LogP contribution < -0.4 is 10.1 Å². The number of carbonyl (C=O) groups is 2. The summed E-state index contributed by atoms with van der Waals surface area (Å²) >= 11 is 0. The molecule has 0 aliphatic heterocycles. The molecule has 7 heteroatoms. The normalized spacial score (nSPS) is 11.8. The molecule has 0 saturated heterocycles. The van der Waals surface area contributed by atoms with Crippen molar-refractivity contribution in [3.63, 3.8) is 0 Å². The summed E-state index contributed by atoms with van der Waals surface area (Å²) in [6.45, 7) is 10.8. The van der Waals surface area contributed by atoms with Crippen LogP contribution >= 0.6 is 0 Å². The molecule has 27 heavy (non-hydrogen) atoms. The zero-order valence-electron chi connectivity index (χ0n) is 17.0. The maximum Gasteiger partial charge on any atom is 0.344 e. The molecule has 1 aromatic carbocycles. The molecule has 1 amide bonds. The molecule has 0 unspecified atom stereocenters. The van der Waals surface area contributed by atoms with Gasteiger partial charge in [0.15, 0.2) is 12.7 Å². The third kappa shape index (κ3) is 4.87. The van der Waals surface area contributed by atoms with E-state index in [-0.39, 0.29) is 6.61 Å². The van der Waals surface area contributed by atoms with Gasteiger partial charge in [-0.25, -0.2) is 4.79 Å². The predicted octanol–water partition coefficient (Wildman–Crippen LogP) is 2.91. The zero-order chi connectivity index (χ0) is 20.3. The van der Waals surface area contributed by atoms with E-state index in [0.29, 0.717) is 17.1 Å². The number of esters is 1. The van der Waals surface area contributed by atoms with Crippen molar-refractivity contribution in [3.05, 3.63) is 40.2 Å². The Kier molecular flexibility index (Phi) is 6.25. The lowest BCUT2D eigenvalue weighted by Crippen LogP contribution is -2.32. The molecule has 1 atom stereocenters. The summed E-state index contributed by atoms with van der Waals surface area (Å²) in [5, 5.41) is 7.01. The highest BCUT2D eigenvalue weighted by atomic mass is 16.6. The number of ether oxygens (including phenoxy) is 2. The van der Waals surface area contributed by atoms with E-state index >= 15 is 0 Å². The van der Waals surface area contributed by atoms with E-state index < -0.39 is 18.0 Å². The summed E-state index contributed by atoms with van der Waals surface area (Å²) in [7, 11) is 1.80. The van der Waals surface area contributed by atoms with Crippen LogP contribution in [-0.4, -0.2) is 34.4 Å². The van der Waals surface area contributed by atoms with Gasteiger partial charge in [-0.2, -0.15) is 5.10 Å². The Balaban J connectivity index is 1.92. The molecule has 1 N–H and O–H groups in total. The van der Waals surface area contributed by atoms with Crippen LogP contribution in [0.2, 0.25) is 0 Å². The van der Waals surface area contributed by atoms with Gasteiger partial charge in [0.1, 0.15) is 5.75 Å². The van der Waals surface area contributed by atoms with Crippen molar-refractivity contribution in [1.29, 1.82) is 0 Å². The highest BCUT2D eigenvalue weighted by molar-refractivity contribution is 5.96. The zero-order valence-corrected chi connectivity index (χ0v) is 17.0. The van der Waals surface area contributed by atoms with Crippen LogP contribution in [0.5, 0.6) is 5.75 Å². The molecule has 0 bridgehead atoms. The van der Waals surface area contributed by atoms with E-state index in [9.17, 15) is 9.59 Å². The van der Waals surface area contributed by atoms with E-state index in [0.717, 1.165) is 22.4 Å². The predicted molar refractivity (Wildman–Crippen MR) is 103 cm³/mol. The van der Waals surface area contributed by atoms with Gasteiger partial charge in [-0.05, 0) is 52.7 Å². The van der Waals surface area contributed by atoms with Crippen molar-refractivity contribution in [3.8, 4) is 5.75 Å². The van der Waals surface area contributed by atoms with Crippen LogP contribution in [0.25, 0.3) is 0 Å². The number of rotatable bonds is 6. The molecule has 0 spiro atoms. The van der Waals surface area contributed by atoms with Crippen molar-refractivity contribution >= 4 is 17.6 Å². The van der Waals surface area contributed by atoms with Crippen LogP contribution in [0.4, 0.5) is 5.69 Å². The number of anilines is 1. The Morgan fingerprint density at radius 1 is 1.15 bits per heavy atom. The van der Waals surface area contributed by atoms with E-state index in [1.54, 1.807) is 18.7 Å². The Morgan fingerprint density at radius 2 is 1.74 bits per heavy atom. The standard InChI is InChI=1S/C20H27N3O4/c1-11-8-12(2)19(13(3)9-11)26-10-17(24)27-16(6)20(25)21-18-14(4)22-23(7)15(18)5/h8-9,16H,10H2,1-7H3,(H,21,25)/t16-/m1/s1. The molecule has 0 aliphatic carbocycles. The first-order valence-corrected chi connectivity index (χ1v) is 8.81. The van der Waals surface area contributed by atoms with Crippen LogP contribution in [0.15, 0.2) is 12.1 Å². The number of nitrogens with one attached hydrogen (secondary N) is 1. The summed E-state index contributed by atoms with van der Waals surface area (Å²) in [5.41, 5.74) is 5.20. The number of aromatic nitrogens is 2. The maximum absolute atomic E-state index is 12.3. The fourth-order valence-electron chi connectivity index (χ4n) is 2.99. The minimum Gasteiger partial charge on any atom is -0.481 e. The van der Waals surface area contributed by atoms with Gasteiger partial charge in [0.2, 0.25) is 0 Å². The van der Waals surface area contributed by atoms with Crippen LogP contribution in [0.1, 0.15) is 35.0 Å². The van der Waals surface area contributed by atoms with Gasteiger partial charge in [-0.1, -0.05) is 17.7 Å². The molecular weight excluding hydrogens is 346 g/mol. The van der Waals surface area contributed by atoms with E-state index in [2.05, 4.69) is 10.4 Å². The fraction of sp³-hybridized carbons (Fsp3) is 0.450. The molecule has 2 rings (SSSR count). The number of aryl methyl sites for hydroxylation is 5. The SMILES string of the molecule is Cc1cc(C)c(OCC(=O)O[C@H](C)C(=O)Nc2c(C)nn(C)c2C)c(C)c1. The molecule has 7 nitrogen and oxygen atoms in total. The summed E-state index contributed by atoms with van der Waals surface area (Å²) in [6.07, 6.45) is -0.944. The summed E-state index contributed by atoms with van der Waals surface area (Å²) < 4.78 is 12.5. The second-order valence-electron chi connectivity index (χ2n) is 6.81. The largest absolute Gasteiger partial charge is 0.481 e. The van der Waals surface area contributed by atoms with Crippen molar-refractivity contribution < 1.29 is 19.1 Å². The lowest BCUT2D eigenvalue weighted by Gasteiger charge is -2.16. The van der Waals surface area contributed by atoms with Gasteiger partial charge < -0.3 is 14.8 Å². The molecule has 0 aliphatic rings. The van der Waals surface area contributed by atoms with Crippen molar-refractivity contribution in [2.75, 3.05) is 11.9 Å². The highest BCUT2D eigenvalue weighted by Crippen LogP contribution is 2.24. The first kappa shape index (κ1) is 20.5. The van der Waals surface area contributed by atoms with E-state index in [4.69, 9.17) is 9.47 Å². The highest BCUT2D eigenvalue weighted by Gasteiger charge is 2.21. The molecule has 1 heterocycles. The van der Waals surface area contributed by atoms with Crippen LogP contribution in [-0.2, 0) is 21.4 Å². The van der Waals surface area contributed by atoms with Gasteiger partial charge in [0, 0.05) is 7.05 Å². The number of hydrogen-bond acceptors (Lipinski definition) is 5. The molecule has 146 valence electrons. The Morgan fingerprint density at radius 3 is 2.26 bits per heavy atom. The van der Waals surface area contributed by atoms with Gasteiger partial charge >= 0.3 is 5.97 Å². The fourth-order valence-corrected chi connectivity index (χ4v) is 2.99. The molecule has 1 aromatic heterocycles. The summed E-state index contributed by atoms with van der Waals surface area (Å²) in [6, 6.07) is 3.98. The third-order valence-corrected chi connectivity index (χ3v) is 4.37. The summed E-state index contributed by atoms with van der Waals surface area (Å²) in [5.74, 6) is -0.349. The lowest BCUT2D eigenvalue weighted by molar-refractivity contribution is -0.155. The Bertz CT molecular complexity index is 847. The molecule has 0 fully saturated rings. The summed E-state index contributed by atoms with van der Waals surface area (Å²) in [4.78, 5) is 24.4. The lowest BCUT2D eigenvalue weighted by atomic mass is 10.1. The van der Waals surface area contributed by atoms with E-state index in [1.165, 1.54) is 6.92 Å². The molecule has 2 aromatic rings. The van der Waals surface area contributed by atoms with Crippen LogP contribution in [0, 0.1) is 34.6 Å². The quantitative estimate of drug-likeness (QED) is 0.787. The first-order chi connectivity index (χ1) is 12.6. The van der Waals surface area contributed by atoms with E-state index in [1.807, 2.05) is 39.8 Å². The molecular formula is C20H27N3O4. The topological polar surface area (TPSA) is 82.4 Å². The number of hydrogen-bond donors (Lipinski definition) is 1. The van der Waals surface area contributed by atoms with Gasteiger partial charge in [0.25, 0.3) is 5.91 Å².